The summed E-state index contributed by atoms with van der Waals surface area (Å²) >= 11 is 0. The van der Waals surface area contributed by atoms with Gasteiger partial charge in [-0.25, -0.2) is 4.98 Å². The van der Waals surface area contributed by atoms with Gasteiger partial charge >= 0.3 is 0 Å². The van der Waals surface area contributed by atoms with E-state index in [0.717, 1.165) is 34.9 Å². The van der Waals surface area contributed by atoms with Crippen LogP contribution in [0.2, 0.25) is 0 Å². The van der Waals surface area contributed by atoms with Crippen molar-refractivity contribution >= 4 is 33.3 Å². The van der Waals surface area contributed by atoms with E-state index >= 15 is 0 Å². The Kier molecular flexibility index (Phi) is 5.42. The number of hydrogen-bond donors (Lipinski definition) is 1. The highest BCUT2D eigenvalue weighted by Crippen LogP contribution is 2.28. The molecule has 0 fully saturated rings. The maximum atomic E-state index is 12.1. The van der Waals surface area contributed by atoms with Crippen LogP contribution in [-0.4, -0.2) is 17.3 Å². The van der Waals surface area contributed by atoms with Crippen LogP contribution in [0.4, 0.5) is 5.82 Å². The van der Waals surface area contributed by atoms with Crippen molar-refractivity contribution in [2.24, 2.45) is 0 Å². The van der Waals surface area contributed by atoms with Gasteiger partial charge in [0, 0.05) is 17.2 Å². The van der Waals surface area contributed by atoms with Gasteiger partial charge in [-0.2, -0.15) is 0 Å². The minimum absolute atomic E-state index is 0.255. The van der Waals surface area contributed by atoms with Crippen molar-refractivity contribution in [2.75, 3.05) is 11.9 Å². The Morgan fingerprint density at radius 1 is 0.917 bits per heavy atom. The Morgan fingerprint density at radius 2 is 1.62 bits per heavy atom. The van der Waals surface area contributed by atoms with Gasteiger partial charge in [0.1, 0.15) is 5.82 Å². The lowest BCUT2D eigenvalue weighted by Crippen LogP contribution is -2.14. The van der Waals surface area contributed by atoms with E-state index in [1.165, 1.54) is 18.2 Å². The molecule has 1 N–H and O–H groups in total. The number of unbranched alkanes of at least 4 members (excludes halogenated alkanes) is 3. The van der Waals surface area contributed by atoms with E-state index in [-0.39, 0.29) is 5.78 Å². The van der Waals surface area contributed by atoms with Gasteiger partial charge in [-0.15, -0.1) is 0 Å². The molecule has 0 bridgehead atoms. The topological polar surface area (TPSA) is 42.0 Å². The summed E-state index contributed by atoms with van der Waals surface area (Å²) in [5, 5.41) is 6.64. The minimum atomic E-state index is 0.255. The third kappa shape index (κ3) is 3.73. The number of nitrogens with one attached hydrogen (secondary N) is 1. The highest BCUT2D eigenvalue weighted by atomic mass is 16.1. The second-order valence-electron chi connectivity index (χ2n) is 6.23. The van der Waals surface area contributed by atoms with E-state index in [9.17, 15) is 4.79 Å². The molecule has 3 rings (SSSR count). The van der Waals surface area contributed by atoms with E-state index in [4.69, 9.17) is 4.98 Å². The fourth-order valence-electron chi connectivity index (χ4n) is 3.06. The van der Waals surface area contributed by atoms with Gasteiger partial charge in [-0.1, -0.05) is 68.7 Å². The highest BCUT2D eigenvalue weighted by molar-refractivity contribution is 6.10. The minimum Gasteiger partial charge on any atom is -0.362 e. The van der Waals surface area contributed by atoms with E-state index in [2.05, 4.69) is 30.4 Å². The van der Waals surface area contributed by atoms with Crippen LogP contribution in [-0.2, 0) is 4.79 Å². The number of ketones is 1. The van der Waals surface area contributed by atoms with Crippen molar-refractivity contribution < 1.29 is 4.79 Å². The van der Waals surface area contributed by atoms with Crippen LogP contribution in [0.15, 0.2) is 48.5 Å². The number of carbonyl (C=O) groups excluding carboxylic acids is 1. The van der Waals surface area contributed by atoms with Gasteiger partial charge in [-0.05, 0) is 17.9 Å². The number of carbonyl (C=O) groups is 1. The fraction of sp³-hybridized carbons (Fsp3) is 0.333. The van der Waals surface area contributed by atoms with Crippen LogP contribution in [0.25, 0.3) is 21.7 Å². The smallest absolute Gasteiger partial charge is 0.151 e. The number of benzene rings is 2. The predicted octanol–water partition coefficient (Wildman–Crippen LogP) is 5.34. The van der Waals surface area contributed by atoms with Crippen molar-refractivity contribution in [1.29, 1.82) is 0 Å². The zero-order valence-corrected chi connectivity index (χ0v) is 14.2. The fourth-order valence-corrected chi connectivity index (χ4v) is 3.06. The van der Waals surface area contributed by atoms with E-state index in [1.54, 1.807) is 0 Å². The second kappa shape index (κ2) is 7.91. The third-order valence-electron chi connectivity index (χ3n) is 4.37. The summed E-state index contributed by atoms with van der Waals surface area (Å²) in [6.07, 6.45) is 5.18. The largest absolute Gasteiger partial charge is 0.362 e. The lowest BCUT2D eigenvalue weighted by atomic mass is 10.1. The summed E-state index contributed by atoms with van der Waals surface area (Å²) < 4.78 is 0. The summed E-state index contributed by atoms with van der Waals surface area (Å²) in [4.78, 5) is 16.8. The van der Waals surface area contributed by atoms with Crippen molar-refractivity contribution in [3.05, 3.63) is 48.5 Å². The molecule has 0 amide bonds. The zero-order valence-electron chi connectivity index (χ0n) is 14.2. The number of fused-ring (bicyclic) bond motifs is 3. The molecule has 3 heteroatoms. The first-order valence-corrected chi connectivity index (χ1v) is 8.82. The molecule has 0 spiro atoms. The van der Waals surface area contributed by atoms with Crippen molar-refractivity contribution in [2.45, 2.75) is 39.0 Å². The lowest BCUT2D eigenvalue weighted by molar-refractivity contribution is -0.117. The number of hydrogen-bond acceptors (Lipinski definition) is 3. The van der Waals surface area contributed by atoms with Crippen molar-refractivity contribution in [3.8, 4) is 0 Å². The lowest BCUT2D eigenvalue weighted by Gasteiger charge is -2.11. The molecule has 0 atom stereocenters. The van der Waals surface area contributed by atoms with Crippen LogP contribution < -0.4 is 5.32 Å². The standard InChI is InChI=1S/C21H24N2O/c1-2-3-4-5-10-16(24)15-22-21-19-13-7-6-11-17(19)18-12-8-9-14-20(18)23-21/h6-9,11-14H,2-5,10,15H2,1H3,(H,22,23). The van der Waals surface area contributed by atoms with E-state index in [1.807, 2.05) is 30.3 Å². The first kappa shape index (κ1) is 16.4. The van der Waals surface area contributed by atoms with Crippen LogP contribution in [0.3, 0.4) is 0 Å². The molecular weight excluding hydrogens is 296 g/mol. The monoisotopic (exact) mass is 320 g/mol. The maximum absolute atomic E-state index is 12.1. The molecule has 0 aliphatic heterocycles. The molecule has 0 unspecified atom stereocenters. The SMILES string of the molecule is CCCCCCC(=O)CNc1nc2ccccc2c2ccccc12. The van der Waals surface area contributed by atoms with E-state index < -0.39 is 0 Å². The number of pyridine rings is 1. The molecule has 3 nitrogen and oxygen atoms in total. The molecule has 0 saturated carbocycles. The van der Waals surface area contributed by atoms with Gasteiger partial charge in [0.15, 0.2) is 5.78 Å². The van der Waals surface area contributed by atoms with Crippen molar-refractivity contribution in [3.63, 3.8) is 0 Å². The average molecular weight is 320 g/mol. The Bertz CT molecular complexity index is 841. The van der Waals surface area contributed by atoms with Crippen molar-refractivity contribution in [1.82, 2.24) is 4.98 Å². The second-order valence-corrected chi connectivity index (χ2v) is 6.23. The molecule has 124 valence electrons. The summed E-state index contributed by atoms with van der Waals surface area (Å²) in [7, 11) is 0. The van der Waals surface area contributed by atoms with E-state index in [0.29, 0.717) is 13.0 Å². The maximum Gasteiger partial charge on any atom is 0.151 e. The predicted molar refractivity (Wildman–Crippen MR) is 102 cm³/mol. The van der Waals surface area contributed by atoms with Gasteiger partial charge in [0.25, 0.3) is 0 Å². The Hall–Kier alpha value is -2.42. The normalized spacial score (nSPS) is 11.0. The Labute approximate surface area is 143 Å². The summed E-state index contributed by atoms with van der Waals surface area (Å²) in [6.45, 7) is 2.53. The van der Waals surface area contributed by atoms with Crippen LogP contribution >= 0.6 is 0 Å². The molecule has 1 heterocycles. The number of para-hydroxylation sites is 1. The third-order valence-corrected chi connectivity index (χ3v) is 4.37. The van der Waals surface area contributed by atoms with Gasteiger partial charge in [0.2, 0.25) is 0 Å². The molecule has 0 radical (unpaired) electrons. The Morgan fingerprint density at radius 3 is 2.42 bits per heavy atom. The Balaban J connectivity index is 1.77. The summed E-state index contributed by atoms with van der Waals surface area (Å²) in [5.41, 5.74) is 0.953. The van der Waals surface area contributed by atoms with Gasteiger partial charge in [0.05, 0.1) is 12.1 Å². The zero-order chi connectivity index (χ0) is 16.8. The molecule has 0 aliphatic carbocycles. The first-order chi connectivity index (χ1) is 11.8. The molecular formula is C21H24N2O. The van der Waals surface area contributed by atoms with Crippen LogP contribution in [0, 0.1) is 0 Å². The number of Topliss-reactive ketones (excluding diaryl/α,β-unsaturated/α-hetero) is 1. The van der Waals surface area contributed by atoms with Gasteiger partial charge in [-0.3, -0.25) is 4.79 Å². The van der Waals surface area contributed by atoms with Crippen LogP contribution in [0.1, 0.15) is 39.0 Å². The number of rotatable bonds is 8. The summed E-state index contributed by atoms with van der Waals surface area (Å²) in [5.74, 6) is 1.05. The molecule has 2 aromatic carbocycles. The number of aromatic nitrogens is 1. The first-order valence-electron chi connectivity index (χ1n) is 8.82. The van der Waals surface area contributed by atoms with Gasteiger partial charge < -0.3 is 5.32 Å². The molecule has 0 aliphatic rings. The summed E-state index contributed by atoms with van der Waals surface area (Å²) in [6, 6.07) is 16.3. The molecule has 1 aromatic heterocycles. The number of anilines is 1. The average Bonchev–Trinajstić information content (AvgIpc) is 2.63. The quantitative estimate of drug-likeness (QED) is 0.450. The van der Waals surface area contributed by atoms with Crippen LogP contribution in [0.5, 0.6) is 0 Å². The molecule has 0 saturated heterocycles. The number of nitrogens with zero attached hydrogens (tertiary/aromatic N) is 1. The molecule has 24 heavy (non-hydrogen) atoms. The highest BCUT2D eigenvalue weighted by Gasteiger charge is 2.09. The molecule has 3 aromatic rings.